The molecule has 1 fully saturated rings. The van der Waals surface area contributed by atoms with E-state index in [4.69, 9.17) is 16.3 Å². The molecule has 10 heteroatoms. The number of nitrogens with one attached hydrogen (secondary N) is 1. The van der Waals surface area contributed by atoms with Crippen molar-refractivity contribution in [2.24, 2.45) is 5.92 Å². The second-order valence-corrected chi connectivity index (χ2v) is 9.92. The average molecular weight is 383 g/mol. The Bertz CT molecular complexity index is 764. The first kappa shape index (κ1) is 18.6. The summed E-state index contributed by atoms with van der Waals surface area (Å²) in [5.41, 5.74) is 0. The lowest BCUT2D eigenvalue weighted by atomic mass is 10.1. The summed E-state index contributed by atoms with van der Waals surface area (Å²) in [5.74, 6) is -0.626. The van der Waals surface area contributed by atoms with Gasteiger partial charge in [-0.25, -0.2) is 25.9 Å². The molecule has 7 nitrogen and oxygen atoms in total. The normalized spacial score (nSPS) is 22.6. The minimum absolute atomic E-state index is 0.0334. The molecule has 0 unspecified atom stereocenters. The summed E-state index contributed by atoms with van der Waals surface area (Å²) in [6.07, 6.45) is 0. The molecule has 0 aliphatic carbocycles. The van der Waals surface area contributed by atoms with E-state index in [2.05, 4.69) is 4.72 Å². The third kappa shape index (κ3) is 4.65. The first-order chi connectivity index (χ1) is 10.6. The molecule has 1 aromatic carbocycles. The molecule has 130 valence electrons. The van der Waals surface area contributed by atoms with E-state index in [1.54, 1.807) is 6.07 Å². The first-order valence-electron chi connectivity index (χ1n) is 6.88. The first-order valence-corrected chi connectivity index (χ1v) is 10.3. The van der Waals surface area contributed by atoms with E-state index < -0.39 is 32.0 Å². The van der Waals surface area contributed by atoms with Gasteiger partial charge in [0.2, 0.25) is 20.0 Å². The highest BCUT2D eigenvalue weighted by molar-refractivity contribution is 7.89. The Kier molecular flexibility index (Phi) is 5.70. The monoisotopic (exact) mass is 382 g/mol. The highest BCUT2D eigenvalue weighted by Crippen LogP contribution is 2.21. The number of ether oxygens (including phenoxy) is 1. The van der Waals surface area contributed by atoms with E-state index in [-0.39, 0.29) is 23.9 Å². The minimum atomic E-state index is -3.80. The maximum absolute atomic E-state index is 12.4. The van der Waals surface area contributed by atoms with Gasteiger partial charge in [0.15, 0.2) is 0 Å². The molecule has 1 aromatic rings. The summed E-state index contributed by atoms with van der Waals surface area (Å²) in [6, 6.07) is 5.27. The fourth-order valence-electron chi connectivity index (χ4n) is 2.21. The van der Waals surface area contributed by atoms with Crippen molar-refractivity contribution in [2.45, 2.75) is 10.9 Å². The summed E-state index contributed by atoms with van der Waals surface area (Å²) in [7, 11) is -4.36. The largest absolute Gasteiger partial charge is 0.379 e. The standard InChI is InChI=1S/C13H19ClN2O5S2/c1-16(2)22(17,18)9-10-7-21-8-13(10)15-23(19,20)12-5-3-4-11(14)6-12/h3-6,10,13,15H,7-9H2,1-2H3/t10-,13-/m0/s1. The molecule has 1 saturated heterocycles. The number of halogens is 1. The lowest BCUT2D eigenvalue weighted by Crippen LogP contribution is -2.43. The SMILES string of the molecule is CN(C)S(=O)(=O)C[C@@H]1COC[C@@H]1NS(=O)(=O)c1cccc(Cl)c1. The van der Waals surface area contributed by atoms with E-state index in [1.807, 2.05) is 0 Å². The lowest BCUT2D eigenvalue weighted by Gasteiger charge is -2.21. The zero-order chi connectivity index (χ0) is 17.3. The van der Waals surface area contributed by atoms with Crippen LogP contribution in [0.1, 0.15) is 0 Å². The molecule has 1 heterocycles. The van der Waals surface area contributed by atoms with Gasteiger partial charge in [0.25, 0.3) is 0 Å². The third-order valence-electron chi connectivity index (χ3n) is 3.59. The van der Waals surface area contributed by atoms with Gasteiger partial charge in [-0.15, -0.1) is 0 Å². The molecule has 0 amide bonds. The van der Waals surface area contributed by atoms with E-state index in [0.29, 0.717) is 5.02 Å². The molecule has 2 rings (SSSR count). The van der Waals surface area contributed by atoms with Crippen LogP contribution in [-0.2, 0) is 24.8 Å². The smallest absolute Gasteiger partial charge is 0.240 e. The lowest BCUT2D eigenvalue weighted by molar-refractivity contribution is 0.185. The highest BCUT2D eigenvalue weighted by Gasteiger charge is 2.35. The van der Waals surface area contributed by atoms with Crippen molar-refractivity contribution in [1.29, 1.82) is 0 Å². The van der Waals surface area contributed by atoms with E-state index in [1.165, 1.54) is 32.3 Å². The van der Waals surface area contributed by atoms with Gasteiger partial charge in [-0.2, -0.15) is 0 Å². The van der Waals surface area contributed by atoms with Gasteiger partial charge in [-0.05, 0) is 18.2 Å². The highest BCUT2D eigenvalue weighted by atomic mass is 35.5. The van der Waals surface area contributed by atoms with E-state index in [0.717, 1.165) is 4.31 Å². The molecular formula is C13H19ClN2O5S2. The van der Waals surface area contributed by atoms with Crippen LogP contribution in [0.5, 0.6) is 0 Å². The van der Waals surface area contributed by atoms with Crippen LogP contribution >= 0.6 is 11.6 Å². The van der Waals surface area contributed by atoms with Crippen LogP contribution in [-0.4, -0.2) is 60.2 Å². The molecule has 23 heavy (non-hydrogen) atoms. The van der Waals surface area contributed by atoms with Crippen molar-refractivity contribution in [2.75, 3.05) is 33.1 Å². The summed E-state index contributed by atoms with van der Waals surface area (Å²) < 4.78 is 57.7. The van der Waals surface area contributed by atoms with Crippen LogP contribution in [0.3, 0.4) is 0 Å². The zero-order valence-electron chi connectivity index (χ0n) is 12.8. The van der Waals surface area contributed by atoms with Crippen LogP contribution in [0.2, 0.25) is 5.02 Å². The number of sulfonamides is 2. The second-order valence-electron chi connectivity index (χ2n) is 5.54. The number of hydrogen-bond donors (Lipinski definition) is 1. The van der Waals surface area contributed by atoms with Gasteiger partial charge >= 0.3 is 0 Å². The molecule has 0 aromatic heterocycles. The van der Waals surface area contributed by atoms with Crippen molar-refractivity contribution in [1.82, 2.24) is 9.03 Å². The maximum Gasteiger partial charge on any atom is 0.240 e. The summed E-state index contributed by atoms with van der Waals surface area (Å²) in [6.45, 7) is 0.323. The van der Waals surface area contributed by atoms with E-state index in [9.17, 15) is 16.8 Å². The Balaban J connectivity index is 2.15. The van der Waals surface area contributed by atoms with E-state index >= 15 is 0 Å². The summed E-state index contributed by atoms with van der Waals surface area (Å²) >= 11 is 5.82. The molecule has 1 aliphatic rings. The quantitative estimate of drug-likeness (QED) is 0.774. The number of benzene rings is 1. The van der Waals surface area contributed by atoms with Crippen LogP contribution < -0.4 is 4.72 Å². The van der Waals surface area contributed by atoms with Crippen molar-refractivity contribution in [3.63, 3.8) is 0 Å². The Morgan fingerprint density at radius 1 is 1.26 bits per heavy atom. The number of rotatable bonds is 6. The average Bonchev–Trinajstić information content (AvgIpc) is 2.84. The van der Waals surface area contributed by atoms with Gasteiger partial charge < -0.3 is 4.74 Å². The van der Waals surface area contributed by atoms with Gasteiger partial charge in [0.05, 0.1) is 29.9 Å². The Labute approximate surface area is 141 Å². The van der Waals surface area contributed by atoms with Crippen LogP contribution in [0.15, 0.2) is 29.2 Å². The molecular weight excluding hydrogens is 364 g/mol. The molecule has 1 N–H and O–H groups in total. The molecule has 1 aliphatic heterocycles. The fraction of sp³-hybridized carbons (Fsp3) is 0.538. The van der Waals surface area contributed by atoms with Crippen molar-refractivity contribution in [3.8, 4) is 0 Å². The predicted octanol–water partition coefficient (Wildman–Crippen LogP) is 0.525. The van der Waals surface area contributed by atoms with Crippen LogP contribution in [0.25, 0.3) is 0 Å². The predicted molar refractivity (Wildman–Crippen MR) is 87.3 cm³/mol. The maximum atomic E-state index is 12.4. The molecule has 0 radical (unpaired) electrons. The van der Waals surface area contributed by atoms with Crippen molar-refractivity contribution in [3.05, 3.63) is 29.3 Å². The number of nitrogens with zero attached hydrogens (tertiary/aromatic N) is 1. The van der Waals surface area contributed by atoms with Gasteiger partial charge in [-0.3, -0.25) is 0 Å². The Hall–Kier alpha value is -0.710. The van der Waals surface area contributed by atoms with Crippen molar-refractivity contribution >= 4 is 31.6 Å². The third-order valence-corrected chi connectivity index (χ3v) is 7.28. The zero-order valence-corrected chi connectivity index (χ0v) is 15.2. The van der Waals surface area contributed by atoms with Gasteiger partial charge in [0, 0.05) is 25.0 Å². The fourth-order valence-corrected chi connectivity index (χ4v) is 4.97. The topological polar surface area (TPSA) is 92.8 Å². The second kappa shape index (κ2) is 7.04. The minimum Gasteiger partial charge on any atom is -0.379 e. The van der Waals surface area contributed by atoms with Gasteiger partial charge in [0.1, 0.15) is 0 Å². The Morgan fingerprint density at radius 2 is 1.96 bits per heavy atom. The summed E-state index contributed by atoms with van der Waals surface area (Å²) in [4.78, 5) is 0.0334. The molecule has 0 spiro atoms. The summed E-state index contributed by atoms with van der Waals surface area (Å²) in [5, 5.41) is 0.308. The molecule has 0 bridgehead atoms. The van der Waals surface area contributed by atoms with Crippen LogP contribution in [0, 0.1) is 5.92 Å². The number of hydrogen-bond acceptors (Lipinski definition) is 5. The van der Waals surface area contributed by atoms with Crippen molar-refractivity contribution < 1.29 is 21.6 Å². The Morgan fingerprint density at radius 3 is 2.57 bits per heavy atom. The van der Waals surface area contributed by atoms with Crippen LogP contribution in [0.4, 0.5) is 0 Å². The van der Waals surface area contributed by atoms with Gasteiger partial charge in [-0.1, -0.05) is 17.7 Å². The molecule has 0 saturated carbocycles. The molecule has 2 atom stereocenters.